The molecule has 0 fully saturated rings. The predicted octanol–water partition coefficient (Wildman–Crippen LogP) is 3.88. The molecule has 28 heavy (non-hydrogen) atoms. The topological polar surface area (TPSA) is 59.9 Å². The number of hydrazone groups is 1. The maximum atomic E-state index is 12.8. The molecule has 0 aliphatic rings. The summed E-state index contributed by atoms with van der Waals surface area (Å²) in [6, 6.07) is 12.9. The minimum Gasteiger partial charge on any atom is -0.497 e. The summed E-state index contributed by atoms with van der Waals surface area (Å²) >= 11 is 0. The average molecular weight is 398 g/mol. The lowest BCUT2D eigenvalue weighted by Gasteiger charge is -2.15. The lowest BCUT2D eigenvalue weighted by atomic mass is 10.1. The van der Waals surface area contributed by atoms with E-state index in [1.807, 2.05) is 0 Å². The molecule has 1 N–H and O–H groups in total. The van der Waals surface area contributed by atoms with Gasteiger partial charge in [-0.25, -0.2) is 14.2 Å². The van der Waals surface area contributed by atoms with E-state index in [0.717, 1.165) is 5.56 Å². The van der Waals surface area contributed by atoms with Crippen molar-refractivity contribution in [2.75, 3.05) is 13.7 Å². The third-order valence-corrected chi connectivity index (χ3v) is 3.57. The molecule has 1 amide bonds. The fraction of sp³-hybridized carbons (Fsp3) is 0.263. The summed E-state index contributed by atoms with van der Waals surface area (Å²) in [7, 11) is 1.55. The first kappa shape index (κ1) is 21.4. The Bertz CT molecular complexity index is 811. The van der Waals surface area contributed by atoms with E-state index in [1.165, 1.54) is 30.5 Å². The first-order valence-electron chi connectivity index (χ1n) is 8.12. The third-order valence-electron chi connectivity index (χ3n) is 3.57. The maximum Gasteiger partial charge on any atom is 0.330 e. The van der Waals surface area contributed by atoms with Gasteiger partial charge in [0.05, 0.1) is 19.9 Å². The molecule has 0 saturated heterocycles. The van der Waals surface area contributed by atoms with Gasteiger partial charge in [0.15, 0.2) is 0 Å². The van der Waals surface area contributed by atoms with E-state index in [4.69, 9.17) is 4.74 Å². The summed E-state index contributed by atoms with van der Waals surface area (Å²) in [5.74, 6) is -4.05. The second-order valence-corrected chi connectivity index (χ2v) is 5.73. The third kappa shape index (κ3) is 6.34. The second-order valence-electron chi connectivity index (χ2n) is 5.73. The number of halogens is 4. The smallest absolute Gasteiger partial charge is 0.330 e. The molecular formula is C19H18F4N2O3. The van der Waals surface area contributed by atoms with Crippen molar-refractivity contribution in [2.24, 2.45) is 5.10 Å². The number of hydrogen-bond donors (Lipinski definition) is 1. The average Bonchev–Trinajstić information content (AvgIpc) is 2.68. The number of hydrogen-bond acceptors (Lipinski definition) is 4. The van der Waals surface area contributed by atoms with Gasteiger partial charge in [-0.3, -0.25) is 4.79 Å². The van der Waals surface area contributed by atoms with Crippen molar-refractivity contribution in [3.05, 3.63) is 65.2 Å². The number of benzene rings is 2. The Morgan fingerprint density at radius 2 is 1.93 bits per heavy atom. The number of amides is 1. The summed E-state index contributed by atoms with van der Waals surface area (Å²) in [5, 5.41) is 3.84. The van der Waals surface area contributed by atoms with Crippen molar-refractivity contribution >= 4 is 12.1 Å². The summed E-state index contributed by atoms with van der Waals surface area (Å²) in [4.78, 5) is 12.1. The Kier molecular flexibility index (Phi) is 7.51. The molecule has 0 heterocycles. The van der Waals surface area contributed by atoms with Gasteiger partial charge in [0, 0.05) is 5.56 Å². The molecule has 0 aliphatic carbocycles. The van der Waals surface area contributed by atoms with Gasteiger partial charge < -0.3 is 9.47 Å². The van der Waals surface area contributed by atoms with Crippen molar-refractivity contribution in [1.29, 1.82) is 0 Å². The van der Waals surface area contributed by atoms with E-state index in [-0.39, 0.29) is 12.2 Å². The number of carbonyl (C=O) groups is 1. The van der Waals surface area contributed by atoms with Crippen molar-refractivity contribution in [1.82, 2.24) is 5.43 Å². The van der Waals surface area contributed by atoms with Crippen LogP contribution >= 0.6 is 0 Å². The van der Waals surface area contributed by atoms with Crippen LogP contribution in [0.25, 0.3) is 0 Å². The molecule has 9 heteroatoms. The van der Waals surface area contributed by atoms with E-state index in [1.54, 1.807) is 31.4 Å². The van der Waals surface area contributed by atoms with Crippen LogP contribution in [0.1, 0.15) is 21.5 Å². The largest absolute Gasteiger partial charge is 0.497 e. The van der Waals surface area contributed by atoms with Gasteiger partial charge in [-0.05, 0) is 47.5 Å². The molecule has 0 bridgehead atoms. The standard InChI is InChI=1S/C19H18F4N2O3/c1-27-16-7-5-13(6-8-16)10-24-25-17(26)15-4-2-3-14(9-15)11-28-12-19(22,23)18(20)21/h2-10,18H,11-12H2,1H3,(H,25,26)/b24-10-. The summed E-state index contributed by atoms with van der Waals surface area (Å²) < 4.78 is 59.5. The first-order chi connectivity index (χ1) is 13.3. The fourth-order valence-corrected chi connectivity index (χ4v) is 2.09. The summed E-state index contributed by atoms with van der Waals surface area (Å²) in [6.45, 7) is -1.74. The SMILES string of the molecule is COc1ccc(/C=N\NC(=O)c2cccc(COCC(F)(F)C(F)F)c2)cc1. The van der Waals surface area contributed by atoms with Gasteiger partial charge in [-0.1, -0.05) is 12.1 Å². The Hall–Kier alpha value is -2.94. The van der Waals surface area contributed by atoms with E-state index in [2.05, 4.69) is 15.3 Å². The minimum absolute atomic E-state index is 0.216. The molecule has 5 nitrogen and oxygen atoms in total. The molecule has 0 aliphatic heterocycles. The molecule has 2 aromatic rings. The summed E-state index contributed by atoms with van der Waals surface area (Å²) in [6.07, 6.45) is -2.36. The Balaban J connectivity index is 1.89. The van der Waals surface area contributed by atoms with Crippen molar-refractivity contribution < 1.29 is 31.8 Å². The molecule has 0 saturated carbocycles. The van der Waals surface area contributed by atoms with Crippen molar-refractivity contribution in [3.63, 3.8) is 0 Å². The molecular weight excluding hydrogens is 380 g/mol. The quantitative estimate of drug-likeness (QED) is 0.396. The Labute approximate surface area is 159 Å². The maximum absolute atomic E-state index is 12.8. The Morgan fingerprint density at radius 1 is 1.21 bits per heavy atom. The second kappa shape index (κ2) is 9.84. The molecule has 0 radical (unpaired) electrons. The number of nitrogens with one attached hydrogen (secondary N) is 1. The lowest BCUT2D eigenvalue weighted by Crippen LogP contribution is -2.32. The number of alkyl halides is 4. The molecule has 0 atom stereocenters. The van der Waals surface area contributed by atoms with Crippen LogP contribution in [0.15, 0.2) is 53.6 Å². The van der Waals surface area contributed by atoms with Crippen molar-refractivity contribution in [3.8, 4) is 5.75 Å². The number of nitrogens with zero attached hydrogens (tertiary/aromatic N) is 1. The number of methoxy groups -OCH3 is 1. The van der Waals surface area contributed by atoms with Gasteiger partial charge >= 0.3 is 12.3 Å². The molecule has 0 aromatic heterocycles. The highest BCUT2D eigenvalue weighted by atomic mass is 19.3. The zero-order chi connectivity index (χ0) is 20.6. The molecule has 0 unspecified atom stereocenters. The monoisotopic (exact) mass is 398 g/mol. The van der Waals surface area contributed by atoms with Crippen LogP contribution in [0.2, 0.25) is 0 Å². The molecule has 0 spiro atoms. The van der Waals surface area contributed by atoms with Crippen molar-refractivity contribution in [2.45, 2.75) is 19.0 Å². The zero-order valence-electron chi connectivity index (χ0n) is 14.9. The van der Waals surface area contributed by atoms with E-state index < -0.39 is 24.9 Å². The number of carbonyl (C=O) groups excluding carboxylic acids is 1. The van der Waals surface area contributed by atoms with Gasteiger partial charge in [0.1, 0.15) is 12.4 Å². The van der Waals surface area contributed by atoms with Gasteiger partial charge in [0.25, 0.3) is 5.91 Å². The Morgan fingerprint density at radius 3 is 2.57 bits per heavy atom. The van der Waals surface area contributed by atoms with E-state index in [9.17, 15) is 22.4 Å². The van der Waals surface area contributed by atoms with E-state index >= 15 is 0 Å². The fourth-order valence-electron chi connectivity index (χ4n) is 2.09. The van der Waals surface area contributed by atoms with Crippen LogP contribution in [0.5, 0.6) is 5.75 Å². The van der Waals surface area contributed by atoms with Crippen LogP contribution in [-0.4, -0.2) is 38.2 Å². The molecule has 2 rings (SSSR count). The predicted molar refractivity (Wildman–Crippen MR) is 95.1 cm³/mol. The van der Waals surface area contributed by atoms with Crippen LogP contribution < -0.4 is 10.2 Å². The molecule has 150 valence electrons. The highest BCUT2D eigenvalue weighted by Crippen LogP contribution is 2.23. The van der Waals surface area contributed by atoms with Crippen LogP contribution in [0, 0.1) is 0 Å². The highest BCUT2D eigenvalue weighted by molar-refractivity contribution is 5.95. The van der Waals surface area contributed by atoms with Crippen LogP contribution in [-0.2, 0) is 11.3 Å². The lowest BCUT2D eigenvalue weighted by molar-refractivity contribution is -0.168. The van der Waals surface area contributed by atoms with E-state index in [0.29, 0.717) is 11.3 Å². The molecule has 2 aromatic carbocycles. The highest BCUT2D eigenvalue weighted by Gasteiger charge is 2.40. The number of rotatable bonds is 9. The summed E-state index contributed by atoms with van der Waals surface area (Å²) in [5.41, 5.74) is 3.68. The van der Waals surface area contributed by atoms with Gasteiger partial charge in [0.2, 0.25) is 0 Å². The van der Waals surface area contributed by atoms with Gasteiger partial charge in [-0.2, -0.15) is 13.9 Å². The number of ether oxygens (including phenoxy) is 2. The normalized spacial score (nSPS) is 11.8. The zero-order valence-corrected chi connectivity index (χ0v) is 14.9. The first-order valence-corrected chi connectivity index (χ1v) is 8.12. The van der Waals surface area contributed by atoms with Crippen LogP contribution in [0.4, 0.5) is 17.6 Å². The van der Waals surface area contributed by atoms with Gasteiger partial charge in [-0.15, -0.1) is 0 Å². The van der Waals surface area contributed by atoms with Crippen LogP contribution in [0.3, 0.4) is 0 Å². The minimum atomic E-state index is -4.22.